The molecule has 0 radical (unpaired) electrons. The fourth-order valence-corrected chi connectivity index (χ4v) is 3.71. The van der Waals surface area contributed by atoms with Gasteiger partial charge in [0.1, 0.15) is 10.6 Å². The zero-order chi connectivity index (χ0) is 11.7. The van der Waals surface area contributed by atoms with Gasteiger partial charge < -0.3 is 16.4 Å². The minimum Gasteiger partial charge on any atom is -0.382 e. The van der Waals surface area contributed by atoms with Crippen LogP contribution in [0.25, 0.3) is 0 Å². The van der Waals surface area contributed by atoms with Gasteiger partial charge in [-0.2, -0.15) is 16.1 Å². The van der Waals surface area contributed by atoms with E-state index in [1.54, 1.807) is 0 Å². The molecule has 2 rings (SSSR count). The van der Waals surface area contributed by atoms with Gasteiger partial charge in [-0.05, 0) is 18.5 Å². The summed E-state index contributed by atoms with van der Waals surface area (Å²) in [6.07, 6.45) is 0. The van der Waals surface area contributed by atoms with Crippen molar-refractivity contribution in [3.63, 3.8) is 0 Å². The number of aromatic nitrogens is 1. The first-order valence-electron chi connectivity index (χ1n) is 5.00. The van der Waals surface area contributed by atoms with Gasteiger partial charge in [0.15, 0.2) is 5.82 Å². The predicted octanol–water partition coefficient (Wildman–Crippen LogP) is 0.766. The maximum absolute atomic E-state index is 11.3. The molecule has 5 nitrogen and oxygen atoms in total. The maximum Gasteiger partial charge on any atom is 0.255 e. The molecular formula is C9H14N4OS2. The quantitative estimate of drug-likeness (QED) is 0.818. The van der Waals surface area contributed by atoms with Crippen molar-refractivity contribution in [3.05, 3.63) is 5.56 Å². The van der Waals surface area contributed by atoms with Crippen molar-refractivity contribution in [2.24, 2.45) is 5.73 Å². The number of hydrogen-bond acceptors (Lipinski definition) is 6. The third-order valence-electron chi connectivity index (χ3n) is 2.58. The van der Waals surface area contributed by atoms with Crippen LogP contribution < -0.4 is 16.4 Å². The summed E-state index contributed by atoms with van der Waals surface area (Å²) in [6.45, 7) is 3.04. The topological polar surface area (TPSA) is 85.2 Å². The number of carbonyl (C=O) groups is 1. The number of amides is 1. The summed E-state index contributed by atoms with van der Waals surface area (Å²) in [6, 6.07) is 0.386. The molecule has 0 aromatic carbocycles. The summed E-state index contributed by atoms with van der Waals surface area (Å²) in [7, 11) is 0. The summed E-state index contributed by atoms with van der Waals surface area (Å²) < 4.78 is 4.02. The van der Waals surface area contributed by atoms with Crippen LogP contribution in [0.1, 0.15) is 17.3 Å². The van der Waals surface area contributed by atoms with Crippen LogP contribution in [0.5, 0.6) is 0 Å². The highest BCUT2D eigenvalue weighted by atomic mass is 32.2. The number of hydrogen-bond donors (Lipinski definition) is 2. The van der Waals surface area contributed by atoms with Crippen LogP contribution in [0.4, 0.5) is 10.8 Å². The lowest BCUT2D eigenvalue weighted by atomic mass is 10.2. The Morgan fingerprint density at radius 1 is 1.62 bits per heavy atom. The Hall–Kier alpha value is -0.950. The highest BCUT2D eigenvalue weighted by molar-refractivity contribution is 7.99. The molecule has 0 spiro atoms. The van der Waals surface area contributed by atoms with E-state index in [4.69, 9.17) is 11.5 Å². The van der Waals surface area contributed by atoms with Crippen LogP contribution in [-0.4, -0.2) is 34.4 Å². The molecule has 88 valence electrons. The molecule has 16 heavy (non-hydrogen) atoms. The van der Waals surface area contributed by atoms with Gasteiger partial charge in [0.05, 0.1) is 0 Å². The second-order valence-corrected chi connectivity index (χ2v) is 5.63. The van der Waals surface area contributed by atoms with E-state index in [9.17, 15) is 4.79 Å². The molecule has 1 aromatic rings. The van der Waals surface area contributed by atoms with Gasteiger partial charge in [-0.25, -0.2) is 0 Å². The molecule has 7 heteroatoms. The number of thioether (sulfide) groups is 1. The average Bonchev–Trinajstić information content (AvgIpc) is 2.61. The number of primary amides is 1. The summed E-state index contributed by atoms with van der Waals surface area (Å²) in [4.78, 5) is 13.5. The van der Waals surface area contributed by atoms with Crippen LogP contribution in [0.3, 0.4) is 0 Å². The first kappa shape index (κ1) is 11.5. The predicted molar refractivity (Wildman–Crippen MR) is 69.2 cm³/mol. The van der Waals surface area contributed by atoms with Gasteiger partial charge in [0, 0.05) is 24.1 Å². The first-order chi connectivity index (χ1) is 7.61. The Morgan fingerprint density at radius 2 is 2.38 bits per heavy atom. The van der Waals surface area contributed by atoms with E-state index in [0.29, 0.717) is 11.6 Å². The van der Waals surface area contributed by atoms with Crippen LogP contribution in [0.15, 0.2) is 0 Å². The number of nitrogens with zero attached hydrogens (tertiary/aromatic N) is 2. The molecular weight excluding hydrogens is 244 g/mol. The lowest BCUT2D eigenvalue weighted by molar-refractivity contribution is 0.100. The molecule has 1 atom stereocenters. The smallest absolute Gasteiger partial charge is 0.255 e. The van der Waals surface area contributed by atoms with Crippen LogP contribution >= 0.6 is 23.3 Å². The number of nitrogens with two attached hydrogens (primary N) is 2. The molecule has 1 aliphatic heterocycles. The maximum atomic E-state index is 11.3. The number of anilines is 2. The molecule has 1 amide bonds. The van der Waals surface area contributed by atoms with Crippen molar-refractivity contribution < 1.29 is 4.79 Å². The molecule has 1 aliphatic rings. The molecule has 0 aliphatic carbocycles. The molecule has 1 unspecified atom stereocenters. The standard InChI is InChI=1S/C9H14N4OS2/c1-5-4-15-3-2-13(5)9-6(8(11)14)7(10)12-16-9/h5H,2-4H2,1H3,(H2,10,12)(H2,11,14). The van der Waals surface area contributed by atoms with Crippen LogP contribution in [0.2, 0.25) is 0 Å². The van der Waals surface area contributed by atoms with Gasteiger partial charge in [0.2, 0.25) is 0 Å². The van der Waals surface area contributed by atoms with Crippen molar-refractivity contribution >= 4 is 40.0 Å². The van der Waals surface area contributed by atoms with E-state index in [1.807, 2.05) is 11.8 Å². The molecule has 1 aromatic heterocycles. The van der Waals surface area contributed by atoms with Gasteiger partial charge in [-0.1, -0.05) is 0 Å². The van der Waals surface area contributed by atoms with Crippen molar-refractivity contribution in [3.8, 4) is 0 Å². The Balaban J connectivity index is 2.35. The Bertz CT molecular complexity index is 406. The van der Waals surface area contributed by atoms with Gasteiger partial charge >= 0.3 is 0 Å². The van der Waals surface area contributed by atoms with Crippen molar-refractivity contribution in [2.75, 3.05) is 28.7 Å². The fraction of sp³-hybridized carbons (Fsp3) is 0.556. The highest BCUT2D eigenvalue weighted by Crippen LogP contribution is 2.33. The fourth-order valence-electron chi connectivity index (χ4n) is 1.75. The molecule has 2 heterocycles. The van der Waals surface area contributed by atoms with Gasteiger partial charge in [-0.3, -0.25) is 4.79 Å². The minimum absolute atomic E-state index is 0.248. The highest BCUT2D eigenvalue weighted by Gasteiger charge is 2.26. The van der Waals surface area contributed by atoms with Gasteiger partial charge in [-0.15, -0.1) is 0 Å². The van der Waals surface area contributed by atoms with E-state index in [-0.39, 0.29) is 5.82 Å². The Labute approximate surface area is 102 Å². The van der Waals surface area contributed by atoms with Crippen molar-refractivity contribution in [1.82, 2.24) is 4.37 Å². The minimum atomic E-state index is -0.494. The molecule has 4 N–H and O–H groups in total. The van der Waals surface area contributed by atoms with Gasteiger partial charge in [0.25, 0.3) is 5.91 Å². The number of rotatable bonds is 2. The van der Waals surface area contributed by atoms with E-state index in [0.717, 1.165) is 23.1 Å². The van der Waals surface area contributed by atoms with E-state index < -0.39 is 5.91 Å². The average molecular weight is 258 g/mol. The third kappa shape index (κ3) is 1.97. The zero-order valence-electron chi connectivity index (χ0n) is 8.97. The van der Waals surface area contributed by atoms with Crippen molar-refractivity contribution in [2.45, 2.75) is 13.0 Å². The Kier molecular flexibility index (Phi) is 3.25. The normalized spacial score (nSPS) is 21.1. The van der Waals surface area contributed by atoms with E-state index >= 15 is 0 Å². The molecule has 0 saturated carbocycles. The van der Waals surface area contributed by atoms with Crippen LogP contribution in [-0.2, 0) is 0 Å². The molecule has 1 fully saturated rings. The second-order valence-electron chi connectivity index (χ2n) is 3.73. The summed E-state index contributed by atoms with van der Waals surface area (Å²) in [5.74, 6) is 1.86. The first-order valence-corrected chi connectivity index (χ1v) is 6.93. The summed E-state index contributed by atoms with van der Waals surface area (Å²) in [5.41, 5.74) is 11.4. The second kappa shape index (κ2) is 4.50. The summed E-state index contributed by atoms with van der Waals surface area (Å²) in [5, 5.41) is 0.817. The lowest BCUT2D eigenvalue weighted by Crippen LogP contribution is -2.40. The number of carbonyl (C=O) groups excluding carboxylic acids is 1. The molecule has 1 saturated heterocycles. The van der Waals surface area contributed by atoms with Crippen molar-refractivity contribution in [1.29, 1.82) is 0 Å². The largest absolute Gasteiger partial charge is 0.382 e. The van der Waals surface area contributed by atoms with E-state index in [2.05, 4.69) is 16.2 Å². The third-order valence-corrected chi connectivity index (χ3v) is 4.66. The lowest BCUT2D eigenvalue weighted by Gasteiger charge is -2.33. The SMILES string of the molecule is CC1CSCCN1c1snc(N)c1C(N)=O. The Morgan fingerprint density at radius 3 is 3.00 bits per heavy atom. The number of nitrogen functional groups attached to an aromatic ring is 1. The van der Waals surface area contributed by atoms with E-state index in [1.165, 1.54) is 11.5 Å². The zero-order valence-corrected chi connectivity index (χ0v) is 10.6. The molecule has 0 bridgehead atoms. The summed E-state index contributed by atoms with van der Waals surface area (Å²) >= 11 is 3.17. The monoisotopic (exact) mass is 258 g/mol. The van der Waals surface area contributed by atoms with Crippen LogP contribution in [0, 0.1) is 0 Å².